The lowest BCUT2D eigenvalue weighted by molar-refractivity contribution is 0.404. The van der Waals surface area contributed by atoms with E-state index in [2.05, 4.69) is 9.97 Å². The van der Waals surface area contributed by atoms with Gasteiger partial charge in [0.2, 0.25) is 0 Å². The maximum absolute atomic E-state index is 12.4. The molecule has 0 saturated heterocycles. The molecule has 0 bridgehead atoms. The predicted octanol–water partition coefficient (Wildman–Crippen LogP) is 3.29. The van der Waals surface area contributed by atoms with Gasteiger partial charge in [0.25, 0.3) is 5.56 Å². The average Bonchev–Trinajstić information content (AvgIpc) is 2.81. The summed E-state index contributed by atoms with van der Waals surface area (Å²) in [5.41, 5.74) is 1.55. The third-order valence-electron chi connectivity index (χ3n) is 3.70. The van der Waals surface area contributed by atoms with Crippen LogP contribution in [0, 0.1) is 13.8 Å². The predicted molar refractivity (Wildman–Crippen MR) is 88.3 cm³/mol. The fraction of sp³-hybridized carbons (Fsp3) is 0.250. The van der Waals surface area contributed by atoms with Gasteiger partial charge in [-0.05, 0) is 37.6 Å². The van der Waals surface area contributed by atoms with E-state index in [1.165, 1.54) is 11.3 Å². The molecule has 6 heteroatoms. The third kappa shape index (κ3) is 2.25. The summed E-state index contributed by atoms with van der Waals surface area (Å²) in [6.45, 7) is 3.93. The van der Waals surface area contributed by atoms with Gasteiger partial charge in [-0.25, -0.2) is 4.98 Å². The van der Waals surface area contributed by atoms with Crippen LogP contribution in [0.4, 0.5) is 0 Å². The van der Waals surface area contributed by atoms with E-state index >= 15 is 0 Å². The largest absolute Gasteiger partial charge is 0.497 e. The van der Waals surface area contributed by atoms with Crippen molar-refractivity contribution in [1.82, 2.24) is 9.97 Å². The molecule has 0 atom stereocenters. The van der Waals surface area contributed by atoms with Crippen molar-refractivity contribution in [2.45, 2.75) is 13.8 Å². The molecule has 0 aliphatic carbocycles. The van der Waals surface area contributed by atoms with Crippen molar-refractivity contribution in [3.05, 3.63) is 39.0 Å². The van der Waals surface area contributed by atoms with Crippen LogP contribution in [-0.2, 0) is 0 Å². The molecule has 2 aromatic heterocycles. The zero-order chi connectivity index (χ0) is 15.9. The van der Waals surface area contributed by atoms with Crippen molar-refractivity contribution in [2.24, 2.45) is 0 Å². The summed E-state index contributed by atoms with van der Waals surface area (Å²) in [4.78, 5) is 21.7. The number of aromatic amines is 1. The number of rotatable bonds is 3. The molecule has 0 fully saturated rings. The van der Waals surface area contributed by atoms with Gasteiger partial charge >= 0.3 is 0 Å². The fourth-order valence-corrected chi connectivity index (χ4v) is 3.41. The molecule has 0 saturated carbocycles. The Morgan fingerprint density at radius 1 is 1.18 bits per heavy atom. The minimum atomic E-state index is -0.133. The molecule has 22 heavy (non-hydrogen) atoms. The van der Waals surface area contributed by atoms with Crippen molar-refractivity contribution >= 4 is 21.6 Å². The Balaban J connectivity index is 2.29. The molecule has 0 aliphatic rings. The molecule has 0 radical (unpaired) electrons. The number of H-pyrrole nitrogens is 1. The zero-order valence-corrected chi connectivity index (χ0v) is 13.6. The third-order valence-corrected chi connectivity index (χ3v) is 4.80. The first-order chi connectivity index (χ1) is 10.5. The molecule has 1 aromatic carbocycles. The van der Waals surface area contributed by atoms with Crippen LogP contribution in [-0.4, -0.2) is 24.2 Å². The number of aryl methyl sites for hydroxylation is 2. The van der Waals surface area contributed by atoms with Crippen LogP contribution in [0.25, 0.3) is 21.6 Å². The molecular formula is C16H16N2O3S. The van der Waals surface area contributed by atoms with Gasteiger partial charge in [0.05, 0.1) is 25.2 Å². The van der Waals surface area contributed by atoms with Crippen LogP contribution in [0.15, 0.2) is 23.0 Å². The standard InChI is InChI=1S/C16H16N2O3S/c1-8-9(2)22-16-13(8)15(19)17-14(18-16)11-7-10(20-3)5-6-12(11)21-4/h5-7H,1-4H3,(H,17,18,19). The zero-order valence-electron chi connectivity index (χ0n) is 12.8. The lowest BCUT2D eigenvalue weighted by atomic mass is 10.1. The van der Waals surface area contributed by atoms with Crippen molar-refractivity contribution in [3.8, 4) is 22.9 Å². The van der Waals surface area contributed by atoms with Crippen molar-refractivity contribution in [2.75, 3.05) is 14.2 Å². The van der Waals surface area contributed by atoms with Gasteiger partial charge in [-0.1, -0.05) is 0 Å². The monoisotopic (exact) mass is 316 g/mol. The minimum absolute atomic E-state index is 0.133. The summed E-state index contributed by atoms with van der Waals surface area (Å²) in [7, 11) is 3.18. The van der Waals surface area contributed by atoms with Gasteiger partial charge in [-0.3, -0.25) is 4.79 Å². The average molecular weight is 316 g/mol. The van der Waals surface area contributed by atoms with E-state index in [-0.39, 0.29) is 5.56 Å². The van der Waals surface area contributed by atoms with E-state index in [0.29, 0.717) is 28.3 Å². The normalized spacial score (nSPS) is 10.9. The summed E-state index contributed by atoms with van der Waals surface area (Å²) < 4.78 is 10.6. The number of benzene rings is 1. The van der Waals surface area contributed by atoms with Crippen LogP contribution in [0.1, 0.15) is 10.4 Å². The maximum atomic E-state index is 12.4. The molecule has 3 rings (SSSR count). The Hall–Kier alpha value is -2.34. The number of nitrogens with one attached hydrogen (secondary N) is 1. The number of nitrogens with zero attached hydrogens (tertiary/aromatic N) is 1. The maximum Gasteiger partial charge on any atom is 0.260 e. The lowest BCUT2D eigenvalue weighted by Crippen LogP contribution is -2.09. The van der Waals surface area contributed by atoms with E-state index in [9.17, 15) is 4.79 Å². The van der Waals surface area contributed by atoms with Crippen LogP contribution >= 0.6 is 11.3 Å². The molecule has 5 nitrogen and oxygen atoms in total. The van der Waals surface area contributed by atoms with E-state index in [0.717, 1.165) is 15.3 Å². The number of ether oxygens (including phenoxy) is 2. The number of thiophene rings is 1. The van der Waals surface area contributed by atoms with Gasteiger partial charge in [0.1, 0.15) is 22.2 Å². The molecule has 0 spiro atoms. The van der Waals surface area contributed by atoms with Gasteiger partial charge < -0.3 is 14.5 Å². The first-order valence-electron chi connectivity index (χ1n) is 6.77. The number of methoxy groups -OCH3 is 2. The Bertz CT molecular complexity index is 912. The van der Waals surface area contributed by atoms with E-state index in [1.807, 2.05) is 13.8 Å². The minimum Gasteiger partial charge on any atom is -0.497 e. The summed E-state index contributed by atoms with van der Waals surface area (Å²) in [5.74, 6) is 1.79. The quantitative estimate of drug-likeness (QED) is 0.805. The lowest BCUT2D eigenvalue weighted by Gasteiger charge is -2.09. The molecular weight excluding hydrogens is 300 g/mol. The molecule has 114 valence electrons. The van der Waals surface area contributed by atoms with E-state index in [4.69, 9.17) is 9.47 Å². The summed E-state index contributed by atoms with van der Waals surface area (Å²) in [6, 6.07) is 5.40. The van der Waals surface area contributed by atoms with E-state index in [1.54, 1.807) is 32.4 Å². The van der Waals surface area contributed by atoms with E-state index < -0.39 is 0 Å². The van der Waals surface area contributed by atoms with Gasteiger partial charge in [0.15, 0.2) is 0 Å². The van der Waals surface area contributed by atoms with Crippen LogP contribution in [0.3, 0.4) is 0 Å². The van der Waals surface area contributed by atoms with Gasteiger partial charge in [0, 0.05) is 4.88 Å². The molecule has 2 heterocycles. The second kappa shape index (κ2) is 5.46. The topological polar surface area (TPSA) is 64.2 Å². The molecule has 0 unspecified atom stereocenters. The van der Waals surface area contributed by atoms with Crippen LogP contribution < -0.4 is 15.0 Å². The highest BCUT2D eigenvalue weighted by Crippen LogP contribution is 2.33. The molecule has 0 aliphatic heterocycles. The van der Waals surface area contributed by atoms with Gasteiger partial charge in [-0.2, -0.15) is 0 Å². The second-order valence-corrected chi connectivity index (χ2v) is 6.15. The Morgan fingerprint density at radius 2 is 1.95 bits per heavy atom. The molecule has 1 N–H and O–H groups in total. The van der Waals surface area contributed by atoms with Gasteiger partial charge in [-0.15, -0.1) is 11.3 Å². The summed E-state index contributed by atoms with van der Waals surface area (Å²) in [5, 5.41) is 0.660. The Labute approximate surface area is 131 Å². The summed E-state index contributed by atoms with van der Waals surface area (Å²) in [6.07, 6.45) is 0. The first-order valence-corrected chi connectivity index (χ1v) is 7.59. The number of aromatic nitrogens is 2. The highest BCUT2D eigenvalue weighted by Gasteiger charge is 2.15. The molecule has 3 aromatic rings. The van der Waals surface area contributed by atoms with Crippen LogP contribution in [0.5, 0.6) is 11.5 Å². The number of hydrogen-bond donors (Lipinski definition) is 1. The summed E-state index contributed by atoms with van der Waals surface area (Å²) >= 11 is 1.52. The van der Waals surface area contributed by atoms with Crippen molar-refractivity contribution in [1.29, 1.82) is 0 Å². The highest BCUT2D eigenvalue weighted by molar-refractivity contribution is 7.18. The fourth-order valence-electron chi connectivity index (χ4n) is 2.38. The second-order valence-electron chi connectivity index (χ2n) is 4.94. The van der Waals surface area contributed by atoms with Crippen molar-refractivity contribution < 1.29 is 9.47 Å². The Kier molecular flexibility index (Phi) is 3.62. The number of hydrogen-bond acceptors (Lipinski definition) is 5. The Morgan fingerprint density at radius 3 is 2.64 bits per heavy atom. The SMILES string of the molecule is COc1ccc(OC)c(-c2nc3sc(C)c(C)c3c(=O)[nH]2)c1. The smallest absolute Gasteiger partial charge is 0.260 e. The molecule has 0 amide bonds. The first kappa shape index (κ1) is 14.6. The van der Waals surface area contributed by atoms with Crippen LogP contribution in [0.2, 0.25) is 0 Å². The number of fused-ring (bicyclic) bond motifs is 1. The highest BCUT2D eigenvalue weighted by atomic mass is 32.1. The van der Waals surface area contributed by atoms with Crippen molar-refractivity contribution in [3.63, 3.8) is 0 Å².